The summed E-state index contributed by atoms with van der Waals surface area (Å²) in [5.41, 5.74) is 7.46. The lowest BCUT2D eigenvalue weighted by molar-refractivity contribution is 0.700. The minimum Gasteiger partial charge on any atom is -0.324 e. The molecule has 0 spiro atoms. The Balaban J connectivity index is 2.64. The molecule has 17 heavy (non-hydrogen) atoms. The molecular weight excluding hydrogens is 232 g/mol. The molecule has 2 heterocycles. The van der Waals surface area contributed by atoms with Gasteiger partial charge in [-0.2, -0.15) is 0 Å². The maximum atomic E-state index is 12.2. The van der Waals surface area contributed by atoms with E-state index in [1.165, 1.54) is 0 Å². The first-order chi connectivity index (χ1) is 8.15. The van der Waals surface area contributed by atoms with Crippen LogP contribution in [0.3, 0.4) is 0 Å². The zero-order chi connectivity index (χ0) is 12.4. The van der Waals surface area contributed by atoms with Gasteiger partial charge in [0.2, 0.25) is 0 Å². The number of nitrogens with two attached hydrogens (primary N) is 1. The minimum absolute atomic E-state index is 0.0217. The van der Waals surface area contributed by atoms with Gasteiger partial charge in [-0.05, 0) is 37.4 Å². The van der Waals surface area contributed by atoms with Crippen molar-refractivity contribution in [1.82, 2.24) is 4.57 Å². The molecular formula is C13H16N2OS. The van der Waals surface area contributed by atoms with Crippen molar-refractivity contribution in [1.29, 1.82) is 0 Å². The van der Waals surface area contributed by atoms with Crippen molar-refractivity contribution in [2.24, 2.45) is 5.73 Å². The molecule has 3 nitrogen and oxygen atoms in total. The predicted octanol–water partition coefficient (Wildman–Crippen LogP) is 2.62. The smallest absolute Gasteiger partial charge is 0.255 e. The van der Waals surface area contributed by atoms with Gasteiger partial charge in [0.25, 0.3) is 5.56 Å². The highest BCUT2D eigenvalue weighted by molar-refractivity contribution is 7.13. The van der Waals surface area contributed by atoms with Crippen molar-refractivity contribution in [3.8, 4) is 10.6 Å². The fraction of sp³-hybridized carbons (Fsp3) is 0.308. The van der Waals surface area contributed by atoms with Crippen molar-refractivity contribution in [2.45, 2.75) is 26.4 Å². The second-order valence-electron chi connectivity index (χ2n) is 3.99. The molecule has 0 aliphatic rings. The maximum absolute atomic E-state index is 12.2. The Morgan fingerprint density at radius 3 is 2.71 bits per heavy atom. The highest BCUT2D eigenvalue weighted by atomic mass is 32.1. The largest absolute Gasteiger partial charge is 0.324 e. The van der Waals surface area contributed by atoms with E-state index in [4.69, 9.17) is 5.73 Å². The Morgan fingerprint density at radius 2 is 2.18 bits per heavy atom. The van der Waals surface area contributed by atoms with Crippen molar-refractivity contribution < 1.29 is 0 Å². The van der Waals surface area contributed by atoms with Gasteiger partial charge in [0.15, 0.2) is 0 Å². The molecule has 0 saturated heterocycles. The van der Waals surface area contributed by atoms with E-state index in [0.717, 1.165) is 10.6 Å². The fourth-order valence-corrected chi connectivity index (χ4v) is 2.66. The van der Waals surface area contributed by atoms with Crippen LogP contribution in [0, 0.1) is 0 Å². The average molecular weight is 248 g/mol. The van der Waals surface area contributed by atoms with E-state index < -0.39 is 0 Å². The lowest BCUT2D eigenvalue weighted by atomic mass is 10.1. The monoisotopic (exact) mass is 248 g/mol. The van der Waals surface area contributed by atoms with E-state index in [2.05, 4.69) is 0 Å². The van der Waals surface area contributed by atoms with E-state index in [0.29, 0.717) is 12.1 Å². The summed E-state index contributed by atoms with van der Waals surface area (Å²) in [6.45, 7) is 4.47. The zero-order valence-electron chi connectivity index (χ0n) is 10.0. The quantitative estimate of drug-likeness (QED) is 0.907. The van der Waals surface area contributed by atoms with Crippen molar-refractivity contribution in [3.63, 3.8) is 0 Å². The second kappa shape index (κ2) is 4.85. The summed E-state index contributed by atoms with van der Waals surface area (Å²) in [4.78, 5) is 13.4. The van der Waals surface area contributed by atoms with Crippen LogP contribution in [0.2, 0.25) is 0 Å². The number of rotatable bonds is 3. The molecule has 0 amide bonds. The lowest BCUT2D eigenvalue weighted by Crippen LogP contribution is -2.27. The molecule has 0 radical (unpaired) electrons. The molecule has 1 atom stereocenters. The van der Waals surface area contributed by atoms with Crippen LogP contribution in [0.15, 0.2) is 34.4 Å². The standard InChI is InChI=1S/C13H16N2OS/c1-3-15-11(12-5-4-8-17-12)7-6-10(9(2)14)13(15)16/h4-9H,3,14H2,1-2H3. The summed E-state index contributed by atoms with van der Waals surface area (Å²) in [5, 5.41) is 2.01. The number of hydrogen-bond acceptors (Lipinski definition) is 3. The van der Waals surface area contributed by atoms with E-state index in [9.17, 15) is 4.79 Å². The SMILES string of the molecule is CCn1c(-c2cccs2)ccc(C(C)N)c1=O. The van der Waals surface area contributed by atoms with Gasteiger partial charge in [0, 0.05) is 18.2 Å². The predicted molar refractivity (Wildman–Crippen MR) is 72.3 cm³/mol. The van der Waals surface area contributed by atoms with E-state index in [1.807, 2.05) is 43.5 Å². The molecule has 4 heteroatoms. The molecule has 0 aromatic carbocycles. The Morgan fingerprint density at radius 1 is 1.41 bits per heavy atom. The molecule has 2 aromatic rings. The summed E-state index contributed by atoms with van der Waals surface area (Å²) in [6, 6.07) is 7.61. The molecule has 2 aromatic heterocycles. The molecule has 0 aliphatic carbocycles. The highest BCUT2D eigenvalue weighted by Gasteiger charge is 2.12. The van der Waals surface area contributed by atoms with Gasteiger partial charge in [0.05, 0.1) is 10.6 Å². The molecule has 90 valence electrons. The van der Waals surface area contributed by atoms with Crippen LogP contribution >= 0.6 is 11.3 Å². The molecule has 2 N–H and O–H groups in total. The average Bonchev–Trinajstić information content (AvgIpc) is 2.81. The first-order valence-electron chi connectivity index (χ1n) is 5.68. The highest BCUT2D eigenvalue weighted by Crippen LogP contribution is 2.24. The maximum Gasteiger partial charge on any atom is 0.255 e. The van der Waals surface area contributed by atoms with E-state index in [1.54, 1.807) is 15.9 Å². The Kier molecular flexibility index (Phi) is 3.45. The summed E-state index contributed by atoms with van der Waals surface area (Å²) in [7, 11) is 0. The van der Waals surface area contributed by atoms with Crippen molar-refractivity contribution in [2.75, 3.05) is 0 Å². The van der Waals surface area contributed by atoms with Crippen LogP contribution in [-0.2, 0) is 6.54 Å². The Bertz CT molecular complexity index is 555. The van der Waals surface area contributed by atoms with Crippen LogP contribution in [0.4, 0.5) is 0 Å². The van der Waals surface area contributed by atoms with Gasteiger partial charge in [-0.15, -0.1) is 11.3 Å². The number of aromatic nitrogens is 1. The zero-order valence-corrected chi connectivity index (χ0v) is 10.8. The number of pyridine rings is 1. The third-order valence-electron chi connectivity index (χ3n) is 2.78. The fourth-order valence-electron chi connectivity index (χ4n) is 1.90. The van der Waals surface area contributed by atoms with Gasteiger partial charge in [0.1, 0.15) is 0 Å². The topological polar surface area (TPSA) is 48.0 Å². The van der Waals surface area contributed by atoms with Crippen LogP contribution in [0.1, 0.15) is 25.5 Å². The molecule has 0 saturated carbocycles. The number of thiophene rings is 1. The Labute approximate surface area is 105 Å². The van der Waals surface area contributed by atoms with Crippen molar-refractivity contribution >= 4 is 11.3 Å². The Hall–Kier alpha value is -1.39. The van der Waals surface area contributed by atoms with Gasteiger partial charge >= 0.3 is 0 Å². The molecule has 2 rings (SSSR count). The van der Waals surface area contributed by atoms with Gasteiger partial charge in [-0.25, -0.2) is 0 Å². The van der Waals surface area contributed by atoms with Crippen LogP contribution in [-0.4, -0.2) is 4.57 Å². The molecule has 0 aliphatic heterocycles. The van der Waals surface area contributed by atoms with Crippen LogP contribution < -0.4 is 11.3 Å². The number of hydrogen-bond donors (Lipinski definition) is 1. The summed E-state index contributed by atoms with van der Waals surface area (Å²) in [5.74, 6) is 0. The van der Waals surface area contributed by atoms with Gasteiger partial charge in [-0.3, -0.25) is 4.79 Å². The van der Waals surface area contributed by atoms with Gasteiger partial charge < -0.3 is 10.3 Å². The number of nitrogens with zero attached hydrogens (tertiary/aromatic N) is 1. The van der Waals surface area contributed by atoms with Gasteiger partial charge in [-0.1, -0.05) is 6.07 Å². The summed E-state index contributed by atoms with van der Waals surface area (Å²) in [6.07, 6.45) is 0. The van der Waals surface area contributed by atoms with Crippen LogP contribution in [0.25, 0.3) is 10.6 Å². The van der Waals surface area contributed by atoms with Crippen molar-refractivity contribution in [3.05, 3.63) is 45.6 Å². The normalized spacial score (nSPS) is 12.6. The van der Waals surface area contributed by atoms with E-state index >= 15 is 0 Å². The molecule has 0 fully saturated rings. The van der Waals surface area contributed by atoms with Crippen LogP contribution in [0.5, 0.6) is 0 Å². The summed E-state index contributed by atoms with van der Waals surface area (Å²) < 4.78 is 1.78. The third-order valence-corrected chi connectivity index (χ3v) is 3.68. The lowest BCUT2D eigenvalue weighted by Gasteiger charge is -2.13. The summed E-state index contributed by atoms with van der Waals surface area (Å²) >= 11 is 1.64. The van der Waals surface area contributed by atoms with E-state index in [-0.39, 0.29) is 11.6 Å². The first-order valence-corrected chi connectivity index (χ1v) is 6.56. The molecule has 0 bridgehead atoms. The first kappa shape index (κ1) is 12.1. The molecule has 1 unspecified atom stereocenters. The second-order valence-corrected chi connectivity index (χ2v) is 4.94. The third kappa shape index (κ3) is 2.18. The minimum atomic E-state index is -0.224.